The number of hydrogen-bond donors (Lipinski definition) is 2. The second kappa shape index (κ2) is 5.35. The zero-order valence-corrected chi connectivity index (χ0v) is 11.2. The van der Waals surface area contributed by atoms with E-state index in [4.69, 9.17) is 5.73 Å². The first-order chi connectivity index (χ1) is 9.79. The minimum absolute atomic E-state index is 0.0854. The molecule has 0 fully saturated rings. The highest BCUT2D eigenvalue weighted by Gasteiger charge is 2.12. The molecule has 0 saturated heterocycles. The molecule has 0 aliphatic heterocycles. The minimum Gasteiger partial charge on any atom is -0.397 e. The molecule has 102 valence electrons. The van der Waals surface area contributed by atoms with E-state index in [1.807, 2.05) is 41.0 Å². The van der Waals surface area contributed by atoms with Crippen LogP contribution in [-0.4, -0.2) is 21.3 Å². The number of fused-ring (bicyclic) bond motifs is 1. The Bertz CT molecular complexity index is 719. The van der Waals surface area contributed by atoms with Crippen molar-refractivity contribution in [3.05, 3.63) is 59.9 Å². The van der Waals surface area contributed by atoms with E-state index in [0.717, 1.165) is 23.3 Å². The smallest absolute Gasteiger partial charge is 0.114 e. The molecule has 0 bridgehead atoms. The fourth-order valence-electron chi connectivity index (χ4n) is 2.48. The average Bonchev–Trinajstić information content (AvgIpc) is 2.80. The highest BCUT2D eigenvalue weighted by molar-refractivity contribution is 5.87. The fraction of sp³-hybridized carbons (Fsp3) is 0.188. The number of hydrogen-bond acceptors (Lipinski definition) is 3. The van der Waals surface area contributed by atoms with Gasteiger partial charge in [0.2, 0.25) is 0 Å². The van der Waals surface area contributed by atoms with E-state index in [9.17, 15) is 5.11 Å². The predicted octanol–water partition coefficient (Wildman–Crippen LogP) is 2.20. The summed E-state index contributed by atoms with van der Waals surface area (Å²) in [6, 6.07) is 15.9. The number of benzene rings is 2. The van der Waals surface area contributed by atoms with Crippen LogP contribution in [-0.2, 0) is 13.0 Å². The van der Waals surface area contributed by atoms with Crippen molar-refractivity contribution in [1.29, 1.82) is 0 Å². The van der Waals surface area contributed by atoms with Crippen LogP contribution in [0.2, 0.25) is 0 Å². The van der Waals surface area contributed by atoms with Gasteiger partial charge < -0.3 is 15.4 Å². The molecule has 0 amide bonds. The second-order valence-electron chi connectivity index (χ2n) is 4.78. The van der Waals surface area contributed by atoms with Gasteiger partial charge in [-0.05, 0) is 17.7 Å². The van der Waals surface area contributed by atoms with Crippen molar-refractivity contribution in [2.75, 3.05) is 12.3 Å². The van der Waals surface area contributed by atoms with Crippen LogP contribution in [0.1, 0.15) is 11.4 Å². The van der Waals surface area contributed by atoms with Gasteiger partial charge in [-0.3, -0.25) is 0 Å². The van der Waals surface area contributed by atoms with Gasteiger partial charge in [-0.15, -0.1) is 0 Å². The molecule has 2 aromatic carbocycles. The zero-order valence-electron chi connectivity index (χ0n) is 11.2. The van der Waals surface area contributed by atoms with Crippen molar-refractivity contribution in [1.82, 2.24) is 9.55 Å². The molecule has 0 aliphatic carbocycles. The lowest BCUT2D eigenvalue weighted by molar-refractivity contribution is 0.276. The van der Waals surface area contributed by atoms with Crippen LogP contribution in [0.4, 0.5) is 5.69 Å². The lowest BCUT2D eigenvalue weighted by Crippen LogP contribution is -2.07. The Morgan fingerprint density at radius 3 is 2.60 bits per heavy atom. The van der Waals surface area contributed by atoms with Gasteiger partial charge in [-0.2, -0.15) is 0 Å². The molecule has 3 aromatic rings. The van der Waals surface area contributed by atoms with Crippen molar-refractivity contribution < 1.29 is 5.11 Å². The molecular formula is C16H17N3O. The monoisotopic (exact) mass is 267 g/mol. The van der Waals surface area contributed by atoms with Crippen LogP contribution >= 0.6 is 0 Å². The molecule has 0 spiro atoms. The Balaban J connectivity index is 2.09. The van der Waals surface area contributed by atoms with E-state index in [1.165, 1.54) is 5.56 Å². The molecule has 0 atom stereocenters. The first-order valence-electron chi connectivity index (χ1n) is 6.68. The Kier molecular flexibility index (Phi) is 3.39. The van der Waals surface area contributed by atoms with Crippen molar-refractivity contribution in [2.45, 2.75) is 13.0 Å². The number of nitrogen functional groups attached to an aromatic ring is 1. The normalized spacial score (nSPS) is 11.1. The van der Waals surface area contributed by atoms with Crippen LogP contribution in [0.25, 0.3) is 11.0 Å². The first kappa shape index (κ1) is 12.7. The number of nitrogens with zero attached hydrogens (tertiary/aromatic N) is 2. The number of aliphatic hydroxyl groups excluding tert-OH is 1. The molecule has 0 saturated carbocycles. The molecule has 0 aliphatic rings. The second-order valence-corrected chi connectivity index (χ2v) is 4.78. The maximum Gasteiger partial charge on any atom is 0.114 e. The molecule has 4 nitrogen and oxygen atoms in total. The molecule has 4 heteroatoms. The molecule has 1 heterocycles. The highest BCUT2D eigenvalue weighted by atomic mass is 16.3. The minimum atomic E-state index is 0.0854. The van der Waals surface area contributed by atoms with Crippen LogP contribution in [0, 0.1) is 0 Å². The number of anilines is 1. The number of para-hydroxylation sites is 1. The molecule has 20 heavy (non-hydrogen) atoms. The number of rotatable bonds is 4. The number of nitrogens with two attached hydrogens (primary N) is 1. The van der Waals surface area contributed by atoms with E-state index < -0.39 is 0 Å². The summed E-state index contributed by atoms with van der Waals surface area (Å²) in [5.41, 5.74) is 9.65. The van der Waals surface area contributed by atoms with E-state index in [0.29, 0.717) is 12.2 Å². The zero-order chi connectivity index (χ0) is 13.9. The summed E-state index contributed by atoms with van der Waals surface area (Å²) < 4.78 is 2.04. The predicted molar refractivity (Wildman–Crippen MR) is 80.5 cm³/mol. The largest absolute Gasteiger partial charge is 0.397 e. The van der Waals surface area contributed by atoms with Crippen molar-refractivity contribution in [3.8, 4) is 0 Å². The summed E-state index contributed by atoms with van der Waals surface area (Å²) in [7, 11) is 0. The number of imidazole rings is 1. The van der Waals surface area contributed by atoms with E-state index >= 15 is 0 Å². The van der Waals surface area contributed by atoms with Gasteiger partial charge in [0.05, 0.1) is 17.8 Å². The third-order valence-corrected chi connectivity index (χ3v) is 3.42. The van der Waals surface area contributed by atoms with Crippen molar-refractivity contribution >= 4 is 16.7 Å². The molecule has 3 N–H and O–H groups in total. The van der Waals surface area contributed by atoms with E-state index in [2.05, 4.69) is 17.1 Å². The maximum absolute atomic E-state index is 9.28. The Morgan fingerprint density at radius 2 is 1.85 bits per heavy atom. The summed E-state index contributed by atoms with van der Waals surface area (Å²) in [6.45, 7) is 0.615. The van der Waals surface area contributed by atoms with Gasteiger partial charge in [0, 0.05) is 13.0 Å². The van der Waals surface area contributed by atoms with Gasteiger partial charge in [-0.1, -0.05) is 36.4 Å². The molecular weight excluding hydrogens is 250 g/mol. The highest BCUT2D eigenvalue weighted by Crippen LogP contribution is 2.23. The molecule has 0 unspecified atom stereocenters. The quantitative estimate of drug-likeness (QED) is 0.712. The van der Waals surface area contributed by atoms with Crippen LogP contribution in [0.3, 0.4) is 0 Å². The summed E-state index contributed by atoms with van der Waals surface area (Å²) >= 11 is 0. The Hall–Kier alpha value is -2.33. The topological polar surface area (TPSA) is 64.1 Å². The fourth-order valence-corrected chi connectivity index (χ4v) is 2.48. The summed E-state index contributed by atoms with van der Waals surface area (Å²) in [5.74, 6) is 0.929. The maximum atomic E-state index is 9.28. The third-order valence-electron chi connectivity index (χ3n) is 3.42. The van der Waals surface area contributed by atoms with Gasteiger partial charge >= 0.3 is 0 Å². The van der Waals surface area contributed by atoms with Crippen molar-refractivity contribution in [3.63, 3.8) is 0 Å². The third kappa shape index (κ3) is 2.26. The van der Waals surface area contributed by atoms with E-state index in [1.54, 1.807) is 0 Å². The Labute approximate surface area is 117 Å². The van der Waals surface area contributed by atoms with Crippen LogP contribution < -0.4 is 5.73 Å². The van der Waals surface area contributed by atoms with Gasteiger partial charge in [-0.25, -0.2) is 4.98 Å². The summed E-state index contributed by atoms with van der Waals surface area (Å²) in [6.07, 6.45) is 0.731. The van der Waals surface area contributed by atoms with Crippen LogP contribution in [0.15, 0.2) is 48.5 Å². The summed E-state index contributed by atoms with van der Waals surface area (Å²) in [4.78, 5) is 4.65. The average molecular weight is 267 g/mol. The van der Waals surface area contributed by atoms with Crippen molar-refractivity contribution in [2.24, 2.45) is 0 Å². The lowest BCUT2D eigenvalue weighted by Gasteiger charge is -2.07. The van der Waals surface area contributed by atoms with Gasteiger partial charge in [0.1, 0.15) is 11.3 Å². The Morgan fingerprint density at radius 1 is 1.05 bits per heavy atom. The molecule has 0 radical (unpaired) electrons. The molecule has 3 rings (SSSR count). The van der Waals surface area contributed by atoms with E-state index in [-0.39, 0.29) is 6.61 Å². The number of aliphatic hydroxyl groups is 1. The van der Waals surface area contributed by atoms with Gasteiger partial charge in [0.25, 0.3) is 0 Å². The molecule has 1 aromatic heterocycles. The standard InChI is InChI=1S/C16H17N3O/c17-13-7-4-8-14-16(13)18-15(19(14)9-10-20)11-12-5-2-1-3-6-12/h1-8,20H,9-11,17H2. The number of aromatic nitrogens is 2. The van der Waals surface area contributed by atoms with Gasteiger partial charge in [0.15, 0.2) is 0 Å². The lowest BCUT2D eigenvalue weighted by atomic mass is 10.1. The van der Waals surface area contributed by atoms with Crippen LogP contribution in [0.5, 0.6) is 0 Å². The first-order valence-corrected chi connectivity index (χ1v) is 6.68. The SMILES string of the molecule is Nc1cccc2c1nc(Cc1ccccc1)n2CCO. The summed E-state index contributed by atoms with van der Waals surface area (Å²) in [5, 5.41) is 9.28.